The molecule has 0 saturated heterocycles. The Hall–Kier alpha value is -2.18. The number of alkyl halides is 3. The van der Waals surface area contributed by atoms with Crippen molar-refractivity contribution in [2.75, 3.05) is 0 Å². The summed E-state index contributed by atoms with van der Waals surface area (Å²) in [4.78, 5) is 5.32. The molecule has 3 aromatic rings. The molecular weight excluding hydrogens is 383 g/mol. The number of rotatable bonds is 4. The van der Waals surface area contributed by atoms with Crippen molar-refractivity contribution >= 4 is 11.3 Å². The van der Waals surface area contributed by atoms with E-state index in [0.717, 1.165) is 28.3 Å². The SMILES string of the molecule is CC(C)(C)c1ccc(Cc2nc(-c3ccc(C(F)(F)F)cc3)sc2CO)cc1. The summed E-state index contributed by atoms with van der Waals surface area (Å²) in [6, 6.07) is 13.3. The monoisotopic (exact) mass is 405 g/mol. The lowest BCUT2D eigenvalue weighted by molar-refractivity contribution is -0.137. The van der Waals surface area contributed by atoms with Crippen LogP contribution in [0, 0.1) is 0 Å². The number of halogens is 3. The molecule has 0 aliphatic rings. The second-order valence-corrected chi connectivity index (χ2v) is 8.83. The molecule has 148 valence electrons. The molecule has 1 aromatic heterocycles. The van der Waals surface area contributed by atoms with Crippen molar-refractivity contribution in [3.8, 4) is 10.6 Å². The molecule has 0 amide bonds. The minimum atomic E-state index is -4.36. The summed E-state index contributed by atoms with van der Waals surface area (Å²) >= 11 is 1.31. The molecule has 3 rings (SSSR count). The van der Waals surface area contributed by atoms with E-state index in [2.05, 4.69) is 50.0 Å². The van der Waals surface area contributed by atoms with Crippen LogP contribution < -0.4 is 0 Å². The van der Waals surface area contributed by atoms with Gasteiger partial charge in [-0.15, -0.1) is 11.3 Å². The van der Waals surface area contributed by atoms with Crippen LogP contribution in [-0.2, 0) is 24.6 Å². The lowest BCUT2D eigenvalue weighted by Gasteiger charge is -2.19. The number of aliphatic hydroxyl groups is 1. The zero-order valence-electron chi connectivity index (χ0n) is 16.0. The lowest BCUT2D eigenvalue weighted by atomic mass is 9.86. The van der Waals surface area contributed by atoms with Gasteiger partial charge in [-0.3, -0.25) is 0 Å². The van der Waals surface area contributed by atoms with Crippen LogP contribution >= 0.6 is 11.3 Å². The Labute approximate surface area is 166 Å². The van der Waals surface area contributed by atoms with E-state index in [1.54, 1.807) is 0 Å². The molecule has 0 radical (unpaired) electrons. The zero-order valence-corrected chi connectivity index (χ0v) is 16.8. The third-order valence-corrected chi connectivity index (χ3v) is 5.70. The Balaban J connectivity index is 1.85. The topological polar surface area (TPSA) is 33.1 Å². The number of aromatic nitrogens is 1. The molecule has 1 heterocycles. The molecule has 0 fully saturated rings. The van der Waals surface area contributed by atoms with Gasteiger partial charge in [0.2, 0.25) is 0 Å². The molecule has 0 saturated carbocycles. The molecule has 0 unspecified atom stereocenters. The second-order valence-electron chi connectivity index (χ2n) is 7.75. The molecular formula is C22H22F3NOS. The smallest absolute Gasteiger partial charge is 0.391 e. The van der Waals surface area contributed by atoms with E-state index in [-0.39, 0.29) is 12.0 Å². The normalized spacial score (nSPS) is 12.4. The molecule has 0 bridgehead atoms. The molecule has 1 N–H and O–H groups in total. The number of hydrogen-bond acceptors (Lipinski definition) is 3. The van der Waals surface area contributed by atoms with E-state index in [4.69, 9.17) is 0 Å². The van der Waals surface area contributed by atoms with Gasteiger partial charge in [0.15, 0.2) is 0 Å². The van der Waals surface area contributed by atoms with Gasteiger partial charge in [0.05, 0.1) is 22.7 Å². The maximum Gasteiger partial charge on any atom is 0.416 e. The minimum Gasteiger partial charge on any atom is -0.391 e. The van der Waals surface area contributed by atoms with E-state index in [0.29, 0.717) is 17.0 Å². The third-order valence-electron chi connectivity index (χ3n) is 4.57. The summed E-state index contributed by atoms with van der Waals surface area (Å²) < 4.78 is 38.2. The predicted molar refractivity (Wildman–Crippen MR) is 106 cm³/mol. The van der Waals surface area contributed by atoms with E-state index in [9.17, 15) is 18.3 Å². The quantitative estimate of drug-likeness (QED) is 0.560. The largest absolute Gasteiger partial charge is 0.416 e. The third kappa shape index (κ3) is 4.62. The summed E-state index contributed by atoms with van der Waals surface area (Å²) in [6.45, 7) is 6.32. The van der Waals surface area contributed by atoms with Crippen molar-refractivity contribution in [1.29, 1.82) is 0 Å². The number of benzene rings is 2. The highest BCUT2D eigenvalue weighted by atomic mass is 32.1. The van der Waals surface area contributed by atoms with E-state index in [1.165, 1.54) is 29.0 Å². The number of aliphatic hydroxyl groups excluding tert-OH is 1. The fourth-order valence-electron chi connectivity index (χ4n) is 2.89. The fourth-order valence-corrected chi connectivity index (χ4v) is 3.83. The van der Waals surface area contributed by atoms with Crippen LogP contribution in [0.4, 0.5) is 13.2 Å². The summed E-state index contributed by atoms with van der Waals surface area (Å²) in [7, 11) is 0. The standard InChI is InChI=1S/C22H22F3NOS/c1-21(2,3)16-8-4-14(5-9-16)12-18-19(13-27)28-20(26-18)15-6-10-17(11-7-15)22(23,24)25/h4-11,27H,12-13H2,1-3H3. The van der Waals surface area contributed by atoms with Gasteiger partial charge < -0.3 is 5.11 Å². The number of hydrogen-bond donors (Lipinski definition) is 1. The van der Waals surface area contributed by atoms with Gasteiger partial charge in [-0.05, 0) is 28.7 Å². The Morgan fingerprint density at radius 3 is 1.96 bits per heavy atom. The van der Waals surface area contributed by atoms with Crippen molar-refractivity contribution in [3.63, 3.8) is 0 Å². The van der Waals surface area contributed by atoms with E-state index < -0.39 is 11.7 Å². The van der Waals surface area contributed by atoms with Gasteiger partial charge in [0.1, 0.15) is 5.01 Å². The van der Waals surface area contributed by atoms with Crippen LogP contribution in [0.2, 0.25) is 0 Å². The van der Waals surface area contributed by atoms with Crippen LogP contribution in [0.1, 0.15) is 48.0 Å². The van der Waals surface area contributed by atoms with Gasteiger partial charge in [-0.25, -0.2) is 4.98 Å². The van der Waals surface area contributed by atoms with E-state index in [1.807, 2.05) is 0 Å². The van der Waals surface area contributed by atoms with Gasteiger partial charge in [-0.1, -0.05) is 57.2 Å². The lowest BCUT2D eigenvalue weighted by Crippen LogP contribution is -2.10. The average Bonchev–Trinajstić information content (AvgIpc) is 3.03. The minimum absolute atomic E-state index is 0.0746. The first-order chi connectivity index (χ1) is 13.1. The van der Waals surface area contributed by atoms with Crippen molar-refractivity contribution in [2.45, 2.75) is 45.4 Å². The molecule has 0 aliphatic heterocycles. The Morgan fingerprint density at radius 2 is 1.46 bits per heavy atom. The van der Waals surface area contributed by atoms with Gasteiger partial charge >= 0.3 is 6.18 Å². The molecule has 28 heavy (non-hydrogen) atoms. The average molecular weight is 405 g/mol. The highest BCUT2D eigenvalue weighted by Gasteiger charge is 2.30. The van der Waals surface area contributed by atoms with Crippen molar-refractivity contribution < 1.29 is 18.3 Å². The summed E-state index contributed by atoms with van der Waals surface area (Å²) in [5.41, 5.74) is 3.07. The Kier molecular flexibility index (Phi) is 5.64. The fraction of sp³-hybridized carbons (Fsp3) is 0.318. The summed E-state index contributed by atoms with van der Waals surface area (Å²) in [5, 5.41) is 10.3. The van der Waals surface area contributed by atoms with Gasteiger partial charge in [-0.2, -0.15) is 13.2 Å². The molecule has 2 nitrogen and oxygen atoms in total. The first-order valence-corrected chi connectivity index (χ1v) is 9.76. The highest BCUT2D eigenvalue weighted by molar-refractivity contribution is 7.15. The van der Waals surface area contributed by atoms with E-state index >= 15 is 0 Å². The number of nitrogens with zero attached hydrogens (tertiary/aromatic N) is 1. The maximum absolute atomic E-state index is 12.7. The molecule has 0 atom stereocenters. The van der Waals surface area contributed by atoms with Crippen molar-refractivity contribution in [3.05, 3.63) is 75.8 Å². The highest BCUT2D eigenvalue weighted by Crippen LogP contribution is 2.33. The summed E-state index contributed by atoms with van der Waals surface area (Å²) in [5.74, 6) is 0. The van der Waals surface area contributed by atoms with Crippen LogP contribution in [0.3, 0.4) is 0 Å². The van der Waals surface area contributed by atoms with Crippen LogP contribution in [0.15, 0.2) is 48.5 Å². The first-order valence-electron chi connectivity index (χ1n) is 8.94. The van der Waals surface area contributed by atoms with Gasteiger partial charge in [0, 0.05) is 12.0 Å². The predicted octanol–water partition coefficient (Wildman–Crippen LogP) is 6.21. The molecule has 6 heteroatoms. The molecule has 2 aromatic carbocycles. The first kappa shape index (κ1) is 20.6. The zero-order chi connectivity index (χ0) is 20.5. The maximum atomic E-state index is 12.7. The van der Waals surface area contributed by atoms with Crippen LogP contribution in [-0.4, -0.2) is 10.1 Å². The molecule has 0 spiro atoms. The Bertz CT molecular complexity index is 936. The Morgan fingerprint density at radius 1 is 0.893 bits per heavy atom. The summed E-state index contributed by atoms with van der Waals surface area (Å²) in [6.07, 6.45) is -3.79. The second kappa shape index (κ2) is 7.68. The number of thiazole rings is 1. The van der Waals surface area contributed by atoms with Crippen LogP contribution in [0.25, 0.3) is 10.6 Å². The van der Waals surface area contributed by atoms with Crippen molar-refractivity contribution in [1.82, 2.24) is 4.98 Å². The van der Waals surface area contributed by atoms with Crippen LogP contribution in [0.5, 0.6) is 0 Å². The van der Waals surface area contributed by atoms with Crippen molar-refractivity contribution in [2.24, 2.45) is 0 Å². The van der Waals surface area contributed by atoms with Gasteiger partial charge in [0.25, 0.3) is 0 Å². The molecule has 0 aliphatic carbocycles.